The van der Waals surface area contributed by atoms with Crippen molar-refractivity contribution in [3.05, 3.63) is 41.0 Å². The zero-order chi connectivity index (χ0) is 15.5. The van der Waals surface area contributed by atoms with Gasteiger partial charge in [-0.15, -0.1) is 0 Å². The van der Waals surface area contributed by atoms with Gasteiger partial charge in [-0.25, -0.2) is 0 Å². The number of allylic oxidation sites excluding steroid dienone is 1. The molecular weight excluding hydrogens is 282 g/mol. The van der Waals surface area contributed by atoms with Crippen LogP contribution in [0.15, 0.2) is 29.9 Å². The fourth-order valence-electron chi connectivity index (χ4n) is 5.69. The molecule has 3 aliphatic carbocycles. The Kier molecular flexibility index (Phi) is 3.11. The summed E-state index contributed by atoms with van der Waals surface area (Å²) in [6.45, 7) is 2.07. The summed E-state index contributed by atoms with van der Waals surface area (Å²) in [7, 11) is 0. The minimum Gasteiger partial charge on any atom is -0.508 e. The van der Waals surface area contributed by atoms with Crippen molar-refractivity contribution in [2.45, 2.75) is 51.4 Å². The topological polar surface area (TPSA) is 20.2 Å². The minimum absolute atomic E-state index is 0.283. The number of phenolic OH excluding ortho intramolecular Hbond substituents is 1. The van der Waals surface area contributed by atoms with Gasteiger partial charge >= 0.3 is 0 Å². The van der Waals surface area contributed by atoms with E-state index in [1.807, 2.05) is 6.07 Å². The molecule has 0 unspecified atom stereocenters. The van der Waals surface area contributed by atoms with E-state index in [2.05, 4.69) is 13.0 Å². The highest BCUT2D eigenvalue weighted by atomic mass is 19.3. The summed E-state index contributed by atoms with van der Waals surface area (Å²) in [6, 6.07) is 5.72. The Bertz CT molecular complexity index is 647. The molecule has 3 aliphatic rings. The third kappa shape index (κ3) is 1.87. The molecule has 118 valence electrons. The lowest BCUT2D eigenvalue weighted by Crippen LogP contribution is -2.40. The van der Waals surface area contributed by atoms with E-state index >= 15 is 0 Å². The Morgan fingerprint density at radius 1 is 1.18 bits per heavy atom. The normalized spacial score (nSPS) is 36.5. The Morgan fingerprint density at radius 3 is 2.77 bits per heavy atom. The number of hydrogen-bond acceptors (Lipinski definition) is 1. The van der Waals surface area contributed by atoms with Crippen LogP contribution in [0, 0.1) is 17.3 Å². The molecule has 0 aliphatic heterocycles. The average molecular weight is 304 g/mol. The van der Waals surface area contributed by atoms with Crippen LogP contribution in [0.2, 0.25) is 0 Å². The zero-order valence-corrected chi connectivity index (χ0v) is 12.9. The highest BCUT2D eigenvalue weighted by Gasteiger charge is 2.53. The van der Waals surface area contributed by atoms with E-state index in [1.54, 1.807) is 6.07 Å². The Labute approximate surface area is 130 Å². The number of fused-ring (bicyclic) bond motifs is 5. The molecule has 3 heteroatoms. The van der Waals surface area contributed by atoms with Crippen molar-refractivity contribution in [2.24, 2.45) is 17.3 Å². The summed E-state index contributed by atoms with van der Waals surface area (Å²) < 4.78 is 26.6. The fraction of sp³-hybridized carbons (Fsp3) is 0.579. The SMILES string of the molecule is C[C@]12CC[C@@H]3c4ccc(O)cc4CC[C@@H]3[C@@H]1CCC2=C(F)F. The van der Waals surface area contributed by atoms with Crippen LogP contribution < -0.4 is 0 Å². The smallest absolute Gasteiger partial charge is 0.270 e. The summed E-state index contributed by atoms with van der Waals surface area (Å²) in [5.74, 6) is 1.74. The van der Waals surface area contributed by atoms with Gasteiger partial charge < -0.3 is 5.11 Å². The standard InChI is InChI=1S/C19H22F2O/c1-19-9-8-14-13-5-3-12(22)10-11(13)2-4-15(14)16(19)6-7-17(19)18(20)21/h3,5,10,14-16,22H,2,4,6-9H2,1H3/t14-,15+,16+,19+/m1/s1. The Morgan fingerprint density at radius 2 is 2.00 bits per heavy atom. The maximum atomic E-state index is 13.3. The van der Waals surface area contributed by atoms with E-state index in [-0.39, 0.29) is 5.41 Å². The first kappa shape index (κ1) is 14.2. The molecule has 2 fully saturated rings. The molecule has 4 atom stereocenters. The number of halogens is 2. The predicted octanol–water partition coefficient (Wildman–Crippen LogP) is 5.40. The van der Waals surface area contributed by atoms with Crippen molar-refractivity contribution < 1.29 is 13.9 Å². The number of aromatic hydroxyl groups is 1. The van der Waals surface area contributed by atoms with Crippen LogP contribution in [0.1, 0.15) is 56.1 Å². The minimum atomic E-state index is -1.43. The molecule has 0 spiro atoms. The third-order valence-corrected chi connectivity index (χ3v) is 6.72. The molecular formula is C19H22F2O. The van der Waals surface area contributed by atoms with Crippen molar-refractivity contribution in [1.29, 1.82) is 0 Å². The zero-order valence-electron chi connectivity index (χ0n) is 12.9. The number of hydrogen-bond donors (Lipinski definition) is 1. The van der Waals surface area contributed by atoms with Gasteiger partial charge in [0.25, 0.3) is 6.08 Å². The monoisotopic (exact) mass is 304 g/mol. The number of benzene rings is 1. The van der Waals surface area contributed by atoms with Gasteiger partial charge in [-0.2, -0.15) is 8.78 Å². The van der Waals surface area contributed by atoms with E-state index in [9.17, 15) is 13.9 Å². The molecule has 0 heterocycles. The second kappa shape index (κ2) is 4.81. The van der Waals surface area contributed by atoms with E-state index in [0.717, 1.165) is 32.1 Å². The van der Waals surface area contributed by atoms with Crippen LogP contribution in [0.25, 0.3) is 0 Å². The first-order valence-electron chi connectivity index (χ1n) is 8.37. The van der Waals surface area contributed by atoms with Crippen molar-refractivity contribution >= 4 is 0 Å². The van der Waals surface area contributed by atoms with E-state index in [1.165, 1.54) is 11.1 Å². The lowest BCUT2D eigenvalue weighted by Gasteiger charge is -2.49. The molecule has 0 saturated heterocycles. The molecule has 2 saturated carbocycles. The number of rotatable bonds is 0. The highest BCUT2D eigenvalue weighted by molar-refractivity contribution is 5.40. The molecule has 1 nitrogen and oxygen atoms in total. The molecule has 1 aromatic carbocycles. The molecule has 4 rings (SSSR count). The Hall–Kier alpha value is -1.38. The maximum Gasteiger partial charge on any atom is 0.270 e. The maximum absolute atomic E-state index is 13.3. The van der Waals surface area contributed by atoms with Crippen molar-refractivity contribution in [2.75, 3.05) is 0 Å². The molecule has 0 bridgehead atoms. The van der Waals surface area contributed by atoms with Crippen LogP contribution in [-0.4, -0.2) is 5.11 Å². The lowest BCUT2D eigenvalue weighted by atomic mass is 9.55. The van der Waals surface area contributed by atoms with Gasteiger partial charge in [0.1, 0.15) is 5.75 Å². The van der Waals surface area contributed by atoms with Crippen LogP contribution in [0.5, 0.6) is 5.75 Å². The number of aryl methyl sites for hydroxylation is 1. The molecule has 0 amide bonds. The van der Waals surface area contributed by atoms with Crippen molar-refractivity contribution in [3.63, 3.8) is 0 Å². The number of phenols is 1. The van der Waals surface area contributed by atoms with Crippen molar-refractivity contribution in [1.82, 2.24) is 0 Å². The van der Waals surface area contributed by atoms with Crippen LogP contribution in [-0.2, 0) is 6.42 Å². The van der Waals surface area contributed by atoms with E-state index in [0.29, 0.717) is 35.5 Å². The fourth-order valence-corrected chi connectivity index (χ4v) is 5.69. The van der Waals surface area contributed by atoms with Crippen molar-refractivity contribution in [3.8, 4) is 5.75 Å². The summed E-state index contributed by atoms with van der Waals surface area (Å²) in [6.07, 6.45) is 3.96. The molecule has 1 N–H and O–H groups in total. The highest BCUT2D eigenvalue weighted by Crippen LogP contribution is 2.63. The second-order valence-electron chi connectivity index (χ2n) is 7.53. The van der Waals surface area contributed by atoms with Crippen LogP contribution >= 0.6 is 0 Å². The van der Waals surface area contributed by atoms with Crippen LogP contribution in [0.4, 0.5) is 8.78 Å². The predicted molar refractivity (Wildman–Crippen MR) is 82.0 cm³/mol. The summed E-state index contributed by atoms with van der Waals surface area (Å²) in [5, 5.41) is 9.68. The third-order valence-electron chi connectivity index (χ3n) is 6.72. The summed E-state index contributed by atoms with van der Waals surface area (Å²) in [4.78, 5) is 0. The van der Waals surface area contributed by atoms with Gasteiger partial charge in [0.15, 0.2) is 0 Å². The van der Waals surface area contributed by atoms with Crippen LogP contribution in [0.3, 0.4) is 0 Å². The quantitative estimate of drug-likeness (QED) is 0.680. The molecule has 0 aromatic heterocycles. The first-order chi connectivity index (χ1) is 10.5. The first-order valence-corrected chi connectivity index (χ1v) is 8.37. The second-order valence-corrected chi connectivity index (χ2v) is 7.53. The van der Waals surface area contributed by atoms with Gasteiger partial charge in [0.2, 0.25) is 0 Å². The van der Waals surface area contributed by atoms with Gasteiger partial charge in [0, 0.05) is 5.57 Å². The molecule has 0 radical (unpaired) electrons. The lowest BCUT2D eigenvalue weighted by molar-refractivity contribution is 0.0783. The Balaban J connectivity index is 1.72. The average Bonchev–Trinajstić information content (AvgIpc) is 2.84. The molecule has 1 aromatic rings. The summed E-state index contributed by atoms with van der Waals surface area (Å²) in [5.41, 5.74) is 2.77. The van der Waals surface area contributed by atoms with E-state index in [4.69, 9.17) is 0 Å². The van der Waals surface area contributed by atoms with Gasteiger partial charge in [-0.3, -0.25) is 0 Å². The van der Waals surface area contributed by atoms with Gasteiger partial charge in [-0.05, 0) is 85.0 Å². The van der Waals surface area contributed by atoms with E-state index < -0.39 is 6.08 Å². The summed E-state index contributed by atoms with van der Waals surface area (Å²) >= 11 is 0. The van der Waals surface area contributed by atoms with Gasteiger partial charge in [-0.1, -0.05) is 13.0 Å². The largest absolute Gasteiger partial charge is 0.508 e. The van der Waals surface area contributed by atoms with Gasteiger partial charge in [0.05, 0.1) is 0 Å². The molecule has 22 heavy (non-hydrogen) atoms.